The van der Waals surface area contributed by atoms with E-state index < -0.39 is 0 Å². The summed E-state index contributed by atoms with van der Waals surface area (Å²) in [5, 5.41) is 15.7. The maximum absolute atomic E-state index is 12.3. The molecule has 3 rings (SSSR count). The summed E-state index contributed by atoms with van der Waals surface area (Å²) in [6.45, 7) is 4.19. The maximum atomic E-state index is 12.3. The van der Waals surface area contributed by atoms with E-state index in [-0.39, 0.29) is 35.4 Å². The molecule has 26 heavy (non-hydrogen) atoms. The average Bonchev–Trinajstić information content (AvgIpc) is 3.18. The van der Waals surface area contributed by atoms with Crippen LogP contribution in [0.15, 0.2) is 17.5 Å². The van der Waals surface area contributed by atoms with Crippen LogP contribution < -0.4 is 5.32 Å². The Balaban J connectivity index is 1.61. The van der Waals surface area contributed by atoms with E-state index in [1.807, 2.05) is 22.4 Å². The summed E-state index contributed by atoms with van der Waals surface area (Å²) in [6, 6.07) is 4.09. The lowest BCUT2D eigenvalue weighted by atomic mass is 9.75. The molecule has 1 aromatic rings. The number of aryl methyl sites for hydroxylation is 1. The van der Waals surface area contributed by atoms with Crippen molar-refractivity contribution in [1.82, 2.24) is 10.2 Å². The molecule has 1 aliphatic heterocycles. The molecule has 0 bridgehead atoms. The predicted molar refractivity (Wildman–Crippen MR) is 103 cm³/mol. The molecule has 5 nitrogen and oxygen atoms in total. The molecule has 4 atom stereocenters. The van der Waals surface area contributed by atoms with Gasteiger partial charge in [0.2, 0.25) is 11.8 Å². The van der Waals surface area contributed by atoms with Gasteiger partial charge in [-0.25, -0.2) is 0 Å². The minimum Gasteiger partial charge on any atom is -0.392 e. The van der Waals surface area contributed by atoms with Crippen LogP contribution in [0.4, 0.5) is 0 Å². The number of nitrogens with one attached hydrogen (secondary N) is 1. The SMILES string of the molecule is CC(=O)N1[C@@H](CNC(=O)CCc2cccs2)C[C@@]2(C)[C@@H](O)CCCC[C@@H]12. The molecule has 6 heteroatoms. The molecule has 0 unspecified atom stereocenters. The molecule has 1 saturated carbocycles. The van der Waals surface area contributed by atoms with E-state index in [2.05, 4.69) is 12.2 Å². The van der Waals surface area contributed by atoms with Crippen LogP contribution in [0.3, 0.4) is 0 Å². The summed E-state index contributed by atoms with van der Waals surface area (Å²) in [5.74, 6) is 0.0744. The Morgan fingerprint density at radius 1 is 1.38 bits per heavy atom. The zero-order chi connectivity index (χ0) is 18.7. The van der Waals surface area contributed by atoms with Gasteiger partial charge in [0.1, 0.15) is 0 Å². The van der Waals surface area contributed by atoms with Crippen molar-refractivity contribution >= 4 is 23.2 Å². The molecule has 0 spiro atoms. The molecular formula is C20H30N2O3S. The van der Waals surface area contributed by atoms with E-state index in [9.17, 15) is 14.7 Å². The highest BCUT2D eigenvalue weighted by Gasteiger charge is 2.53. The lowest BCUT2D eigenvalue weighted by Crippen LogP contribution is -2.48. The lowest BCUT2D eigenvalue weighted by molar-refractivity contribution is -0.134. The van der Waals surface area contributed by atoms with Crippen LogP contribution in [-0.2, 0) is 16.0 Å². The number of amides is 2. The van der Waals surface area contributed by atoms with Gasteiger partial charge in [-0.2, -0.15) is 0 Å². The Morgan fingerprint density at radius 2 is 2.15 bits per heavy atom. The Bertz CT molecular complexity index is 633. The van der Waals surface area contributed by atoms with Crippen LogP contribution in [0.1, 0.15) is 57.2 Å². The number of hydrogen-bond acceptors (Lipinski definition) is 4. The number of carbonyl (C=O) groups excluding carboxylic acids is 2. The van der Waals surface area contributed by atoms with Crippen molar-refractivity contribution in [3.05, 3.63) is 22.4 Å². The van der Waals surface area contributed by atoms with Gasteiger partial charge in [-0.05, 0) is 37.1 Å². The summed E-state index contributed by atoms with van der Waals surface area (Å²) in [5.41, 5.74) is -0.269. The number of likely N-dealkylation sites (tertiary alicyclic amines) is 1. The van der Waals surface area contributed by atoms with Crippen LogP contribution in [-0.4, -0.2) is 46.6 Å². The fourth-order valence-corrected chi connectivity index (χ4v) is 5.51. The van der Waals surface area contributed by atoms with Crippen LogP contribution in [0.5, 0.6) is 0 Å². The highest BCUT2D eigenvalue weighted by atomic mass is 32.1. The summed E-state index contributed by atoms with van der Waals surface area (Å²) in [7, 11) is 0. The first-order valence-corrected chi connectivity index (χ1v) is 10.6. The van der Waals surface area contributed by atoms with E-state index in [1.165, 1.54) is 4.88 Å². The molecule has 2 heterocycles. The molecule has 144 valence electrons. The van der Waals surface area contributed by atoms with Gasteiger partial charge in [0.05, 0.1) is 12.1 Å². The van der Waals surface area contributed by atoms with Gasteiger partial charge < -0.3 is 15.3 Å². The van der Waals surface area contributed by atoms with Crippen molar-refractivity contribution in [2.45, 2.75) is 77.0 Å². The van der Waals surface area contributed by atoms with E-state index in [0.717, 1.165) is 38.5 Å². The van der Waals surface area contributed by atoms with E-state index in [4.69, 9.17) is 0 Å². The lowest BCUT2D eigenvalue weighted by Gasteiger charge is -2.37. The molecular weight excluding hydrogens is 348 g/mol. The molecule has 2 aliphatic rings. The predicted octanol–water partition coefficient (Wildman–Crippen LogP) is 2.73. The number of aliphatic hydroxyl groups excluding tert-OH is 1. The van der Waals surface area contributed by atoms with Crippen LogP contribution in [0.25, 0.3) is 0 Å². The third kappa shape index (κ3) is 3.96. The van der Waals surface area contributed by atoms with E-state index in [1.54, 1.807) is 18.3 Å². The van der Waals surface area contributed by atoms with Crippen molar-refractivity contribution in [2.75, 3.05) is 6.54 Å². The second-order valence-corrected chi connectivity index (χ2v) is 9.02. The Morgan fingerprint density at radius 3 is 2.85 bits per heavy atom. The zero-order valence-corrected chi connectivity index (χ0v) is 16.6. The first kappa shape index (κ1) is 19.4. The Kier molecular flexibility index (Phi) is 6.03. The normalized spacial score (nSPS) is 31.3. The van der Waals surface area contributed by atoms with Crippen molar-refractivity contribution in [3.8, 4) is 0 Å². The maximum Gasteiger partial charge on any atom is 0.220 e. The van der Waals surface area contributed by atoms with Gasteiger partial charge in [0.15, 0.2) is 0 Å². The Hall–Kier alpha value is -1.40. The van der Waals surface area contributed by atoms with Gasteiger partial charge in [-0.15, -0.1) is 11.3 Å². The first-order valence-electron chi connectivity index (χ1n) is 9.68. The second-order valence-electron chi connectivity index (χ2n) is 7.99. The summed E-state index contributed by atoms with van der Waals surface area (Å²) in [6.07, 6.45) is 5.40. The number of rotatable bonds is 5. The van der Waals surface area contributed by atoms with Crippen molar-refractivity contribution in [3.63, 3.8) is 0 Å². The average molecular weight is 379 g/mol. The fraction of sp³-hybridized carbons (Fsp3) is 0.700. The quantitative estimate of drug-likeness (QED) is 0.828. The largest absolute Gasteiger partial charge is 0.392 e. The van der Waals surface area contributed by atoms with Crippen molar-refractivity contribution in [1.29, 1.82) is 0 Å². The highest BCUT2D eigenvalue weighted by Crippen LogP contribution is 2.48. The molecule has 1 aliphatic carbocycles. The minimum absolute atomic E-state index is 0.0269. The van der Waals surface area contributed by atoms with E-state index >= 15 is 0 Å². The minimum atomic E-state index is -0.378. The van der Waals surface area contributed by atoms with Gasteiger partial charge in [-0.3, -0.25) is 9.59 Å². The number of fused-ring (bicyclic) bond motifs is 1. The third-order valence-electron chi connectivity index (χ3n) is 6.21. The number of aliphatic hydroxyl groups is 1. The number of carbonyl (C=O) groups is 2. The summed E-state index contributed by atoms with van der Waals surface area (Å²) < 4.78 is 0. The smallest absolute Gasteiger partial charge is 0.220 e. The number of nitrogens with zero attached hydrogens (tertiary/aromatic N) is 1. The second kappa shape index (κ2) is 8.09. The Labute approximate surface area is 159 Å². The highest BCUT2D eigenvalue weighted by molar-refractivity contribution is 7.09. The van der Waals surface area contributed by atoms with Gasteiger partial charge >= 0.3 is 0 Å². The monoisotopic (exact) mass is 378 g/mol. The molecule has 2 amide bonds. The number of hydrogen-bond donors (Lipinski definition) is 2. The van der Waals surface area contributed by atoms with Gasteiger partial charge in [-0.1, -0.05) is 25.8 Å². The zero-order valence-electron chi connectivity index (χ0n) is 15.7. The number of thiophene rings is 1. The summed E-state index contributed by atoms with van der Waals surface area (Å²) >= 11 is 1.67. The van der Waals surface area contributed by atoms with Crippen LogP contribution >= 0.6 is 11.3 Å². The van der Waals surface area contributed by atoms with Crippen LogP contribution in [0, 0.1) is 5.41 Å². The van der Waals surface area contributed by atoms with Gasteiger partial charge in [0.25, 0.3) is 0 Å². The standard InChI is InChI=1S/C20H30N2O3S/c1-14(23)22-15(12-20(2)17(22)7-3-4-8-18(20)24)13-21-19(25)10-9-16-6-5-11-26-16/h5-6,11,15,17-18,24H,3-4,7-10,12-13H2,1-2H3,(H,21,25)/t15-,17-,18+,20-/m1/s1. The molecule has 2 N–H and O–H groups in total. The first-order chi connectivity index (χ1) is 12.4. The van der Waals surface area contributed by atoms with Crippen molar-refractivity contribution < 1.29 is 14.7 Å². The fourth-order valence-electron chi connectivity index (χ4n) is 4.81. The van der Waals surface area contributed by atoms with Gasteiger partial charge in [0, 0.05) is 36.2 Å². The van der Waals surface area contributed by atoms with Crippen LogP contribution in [0.2, 0.25) is 0 Å². The summed E-state index contributed by atoms with van der Waals surface area (Å²) in [4.78, 5) is 27.7. The molecule has 1 saturated heterocycles. The van der Waals surface area contributed by atoms with E-state index in [0.29, 0.717) is 13.0 Å². The molecule has 1 aromatic heterocycles. The molecule has 0 aromatic carbocycles. The molecule has 2 fully saturated rings. The third-order valence-corrected chi connectivity index (χ3v) is 7.15. The topological polar surface area (TPSA) is 69.6 Å². The van der Waals surface area contributed by atoms with Crippen molar-refractivity contribution in [2.24, 2.45) is 5.41 Å². The molecule has 0 radical (unpaired) electrons.